The lowest BCUT2D eigenvalue weighted by atomic mass is 9.94. The van der Waals surface area contributed by atoms with Gasteiger partial charge >= 0.3 is 0 Å². The number of aryl methyl sites for hydroxylation is 1. The van der Waals surface area contributed by atoms with Crippen molar-refractivity contribution in [2.45, 2.75) is 128 Å². The number of unbranched alkanes of at least 4 members (excludes halogenated alkanes) is 4. The molecule has 1 aliphatic rings. The van der Waals surface area contributed by atoms with Gasteiger partial charge in [0.15, 0.2) is 0 Å². The fourth-order valence-corrected chi connectivity index (χ4v) is 7.02. The van der Waals surface area contributed by atoms with Gasteiger partial charge < -0.3 is 18.9 Å². The van der Waals surface area contributed by atoms with E-state index in [0.717, 1.165) is 90.6 Å². The van der Waals surface area contributed by atoms with Gasteiger partial charge in [0.05, 0.1) is 17.1 Å². The largest absolute Gasteiger partial charge is 0.380 e. The fourth-order valence-electron chi connectivity index (χ4n) is 5.38. The molecule has 5 atom stereocenters. The van der Waals surface area contributed by atoms with Crippen molar-refractivity contribution in [1.29, 1.82) is 0 Å². The van der Waals surface area contributed by atoms with Crippen molar-refractivity contribution in [2.75, 3.05) is 33.0 Å². The van der Waals surface area contributed by atoms with Crippen LogP contribution in [-0.2, 0) is 31.8 Å². The summed E-state index contributed by atoms with van der Waals surface area (Å²) < 4.78 is 26.4. The monoisotopic (exact) mass is 598 g/mol. The van der Waals surface area contributed by atoms with E-state index in [4.69, 9.17) is 18.9 Å². The van der Waals surface area contributed by atoms with E-state index >= 15 is 0 Å². The van der Waals surface area contributed by atoms with Gasteiger partial charge in [-0.2, -0.15) is 0 Å². The minimum Gasteiger partial charge on any atom is -0.380 e. The summed E-state index contributed by atoms with van der Waals surface area (Å²) in [5.41, 5.74) is 5.39. The number of ether oxygens (including phenoxy) is 4. The second kappa shape index (κ2) is 20.6. The lowest BCUT2D eigenvalue weighted by molar-refractivity contribution is -0.149. The number of hydrogen-bond donors (Lipinski definition) is 0. The number of rotatable bonds is 21. The van der Waals surface area contributed by atoms with Crippen LogP contribution in [0.1, 0.15) is 113 Å². The summed E-state index contributed by atoms with van der Waals surface area (Å²) in [5.74, 6) is 0. The van der Waals surface area contributed by atoms with Crippen molar-refractivity contribution in [3.63, 3.8) is 0 Å². The second-order valence-electron chi connectivity index (χ2n) is 11.7. The molecule has 42 heavy (non-hydrogen) atoms. The molecule has 5 heteroatoms. The Balaban J connectivity index is 1.88. The predicted octanol–water partition coefficient (Wildman–Crippen LogP) is 9.37. The first-order chi connectivity index (χ1) is 20.6. The minimum atomic E-state index is -0.118. The van der Waals surface area contributed by atoms with Crippen molar-refractivity contribution in [2.24, 2.45) is 0 Å². The third kappa shape index (κ3) is 11.3. The van der Waals surface area contributed by atoms with E-state index in [1.807, 2.05) is 11.8 Å². The van der Waals surface area contributed by atoms with Crippen molar-refractivity contribution >= 4 is 11.8 Å². The van der Waals surface area contributed by atoms with Crippen LogP contribution in [0.2, 0.25) is 0 Å². The molecule has 2 aromatic carbocycles. The summed E-state index contributed by atoms with van der Waals surface area (Å²) in [7, 11) is 0. The molecule has 4 nitrogen and oxygen atoms in total. The van der Waals surface area contributed by atoms with E-state index in [0.29, 0.717) is 6.61 Å². The molecule has 0 N–H and O–H groups in total. The Morgan fingerprint density at radius 1 is 0.548 bits per heavy atom. The van der Waals surface area contributed by atoms with Crippen molar-refractivity contribution in [3.05, 3.63) is 70.8 Å². The zero-order chi connectivity index (χ0) is 30.0. The van der Waals surface area contributed by atoms with Gasteiger partial charge in [0.25, 0.3) is 0 Å². The van der Waals surface area contributed by atoms with Crippen LogP contribution in [0.25, 0.3) is 0 Å². The maximum absolute atomic E-state index is 6.74. The normalized spacial score (nSPS) is 22.5. The minimum absolute atomic E-state index is 0.0479. The highest BCUT2D eigenvalue weighted by molar-refractivity contribution is 8.00. The van der Waals surface area contributed by atoms with Gasteiger partial charge in [0.2, 0.25) is 0 Å². The van der Waals surface area contributed by atoms with E-state index in [2.05, 4.69) is 83.1 Å². The molecule has 1 saturated heterocycles. The molecule has 2 aromatic rings. The van der Waals surface area contributed by atoms with Gasteiger partial charge in [0, 0.05) is 26.4 Å². The molecule has 3 rings (SSSR count). The Bertz CT molecular complexity index is 947. The summed E-state index contributed by atoms with van der Waals surface area (Å²) >= 11 is 1.98. The van der Waals surface area contributed by atoms with E-state index in [1.165, 1.54) is 22.3 Å². The zero-order valence-corrected chi connectivity index (χ0v) is 28.0. The van der Waals surface area contributed by atoms with Crippen molar-refractivity contribution in [3.8, 4) is 0 Å². The highest BCUT2D eigenvalue weighted by Crippen LogP contribution is 2.47. The lowest BCUT2D eigenvalue weighted by Crippen LogP contribution is -2.55. The highest BCUT2D eigenvalue weighted by atomic mass is 32.2. The van der Waals surface area contributed by atoms with E-state index in [1.54, 1.807) is 0 Å². The van der Waals surface area contributed by atoms with E-state index in [-0.39, 0.29) is 28.8 Å². The second-order valence-corrected chi connectivity index (χ2v) is 13.1. The summed E-state index contributed by atoms with van der Waals surface area (Å²) in [4.78, 5) is 0. The Morgan fingerprint density at radius 2 is 1.02 bits per heavy atom. The molecule has 1 fully saturated rings. The SMILES string of the molecule is CCCCOC[C@H]1S[C@@H](c2ccc(Cc3ccc(CC)cc3)cc2)[C@H](OCCCC)[C@@H](OCCCC)[C@@H]1OCCCC. The van der Waals surface area contributed by atoms with Crippen LogP contribution >= 0.6 is 11.8 Å². The van der Waals surface area contributed by atoms with Gasteiger partial charge in [-0.1, -0.05) is 109 Å². The van der Waals surface area contributed by atoms with Gasteiger partial charge in [-0.3, -0.25) is 0 Å². The van der Waals surface area contributed by atoms with Gasteiger partial charge in [-0.15, -0.1) is 11.8 Å². The fraction of sp³-hybridized carbons (Fsp3) is 0.676. The standard InChI is InChI=1S/C37H58O4S/c1-6-11-23-38-28-33-34(39-24-12-7-2)35(40-25-13-8-3)36(41-26-14-9-4)37(42-33)32-21-19-31(20-22-32)27-30-17-15-29(10-5)16-18-30/h15-22,33-37H,6-14,23-28H2,1-5H3/t33-,34-,35+,36-,37+/m1/s1. The van der Waals surface area contributed by atoms with Gasteiger partial charge in [0.1, 0.15) is 18.3 Å². The van der Waals surface area contributed by atoms with Crippen LogP contribution < -0.4 is 0 Å². The molecule has 0 amide bonds. The molecular formula is C37H58O4S. The van der Waals surface area contributed by atoms with E-state index in [9.17, 15) is 0 Å². The molecule has 0 aromatic heterocycles. The predicted molar refractivity (Wildman–Crippen MR) is 179 cm³/mol. The van der Waals surface area contributed by atoms with E-state index < -0.39 is 0 Å². The quantitative estimate of drug-likeness (QED) is 0.134. The molecule has 236 valence electrons. The third-order valence-corrected chi connectivity index (χ3v) is 9.72. The molecule has 1 heterocycles. The molecular weight excluding hydrogens is 540 g/mol. The molecule has 0 saturated carbocycles. The van der Waals surface area contributed by atoms with Crippen LogP contribution in [0.5, 0.6) is 0 Å². The van der Waals surface area contributed by atoms with Crippen LogP contribution in [0, 0.1) is 0 Å². The van der Waals surface area contributed by atoms with Crippen molar-refractivity contribution < 1.29 is 18.9 Å². The molecule has 0 radical (unpaired) electrons. The first-order valence-electron chi connectivity index (χ1n) is 16.9. The Kier molecular flexibility index (Phi) is 17.2. The average Bonchev–Trinajstić information content (AvgIpc) is 3.02. The van der Waals surface area contributed by atoms with Crippen molar-refractivity contribution in [1.82, 2.24) is 0 Å². The average molecular weight is 599 g/mol. The summed E-state index contributed by atoms with van der Waals surface area (Å²) in [6.45, 7) is 14.8. The first kappa shape index (κ1) is 35.1. The molecule has 0 spiro atoms. The van der Waals surface area contributed by atoms with Crippen LogP contribution in [0.15, 0.2) is 48.5 Å². The number of benzene rings is 2. The van der Waals surface area contributed by atoms with Gasteiger partial charge in [-0.25, -0.2) is 0 Å². The molecule has 1 aliphatic heterocycles. The van der Waals surface area contributed by atoms with Crippen LogP contribution in [-0.4, -0.2) is 56.6 Å². The van der Waals surface area contributed by atoms with Crippen LogP contribution in [0.4, 0.5) is 0 Å². The molecule has 0 unspecified atom stereocenters. The zero-order valence-electron chi connectivity index (χ0n) is 27.2. The highest BCUT2D eigenvalue weighted by Gasteiger charge is 2.48. The maximum atomic E-state index is 6.74. The Labute approximate surface area is 261 Å². The summed E-state index contributed by atoms with van der Waals surface area (Å²) in [6.07, 6.45) is 10.5. The maximum Gasteiger partial charge on any atom is 0.112 e. The summed E-state index contributed by atoms with van der Waals surface area (Å²) in [6, 6.07) is 18.3. The Morgan fingerprint density at radius 3 is 1.57 bits per heavy atom. The lowest BCUT2D eigenvalue weighted by Gasteiger charge is -2.46. The molecule has 0 bridgehead atoms. The number of hydrogen-bond acceptors (Lipinski definition) is 5. The smallest absolute Gasteiger partial charge is 0.112 e. The topological polar surface area (TPSA) is 36.9 Å². The third-order valence-electron chi connectivity index (χ3n) is 8.13. The number of thioether (sulfide) groups is 1. The first-order valence-corrected chi connectivity index (χ1v) is 17.8. The Hall–Kier alpha value is -1.37. The van der Waals surface area contributed by atoms with Crippen LogP contribution in [0.3, 0.4) is 0 Å². The molecule has 0 aliphatic carbocycles. The summed E-state index contributed by atoms with van der Waals surface area (Å²) in [5, 5.41) is 0.357. The van der Waals surface area contributed by atoms with Gasteiger partial charge in [-0.05, 0) is 60.8 Å².